The van der Waals surface area contributed by atoms with Gasteiger partial charge in [-0.25, -0.2) is 0 Å². The molecule has 1 rings (SSSR count). The smallest absolute Gasteiger partial charge is 0.307 e. The van der Waals surface area contributed by atoms with Gasteiger partial charge in [0, 0.05) is 24.5 Å². The minimum absolute atomic E-state index is 0.0995. The van der Waals surface area contributed by atoms with Crippen molar-refractivity contribution >= 4 is 18.6 Å². The van der Waals surface area contributed by atoms with Gasteiger partial charge in [0.25, 0.3) is 0 Å². The maximum absolute atomic E-state index is 10.6. The fourth-order valence-electron chi connectivity index (χ4n) is 1.06. The Balaban J connectivity index is 3.06. The number of aliphatic hydroxyl groups excluding tert-OH is 1. The molecule has 0 aromatic carbocycles. The van der Waals surface area contributed by atoms with Gasteiger partial charge in [0.15, 0.2) is 5.76 Å². The summed E-state index contributed by atoms with van der Waals surface area (Å²) >= 11 is 0. The molecule has 0 bridgehead atoms. The Hall–Kier alpha value is -1.97. The monoisotopic (exact) mass is 207 g/mol. The normalized spacial score (nSPS) is 13.6. The number of hydrogen-bond acceptors (Lipinski definition) is 3. The SMILES string of the molecule is C=c1cc[nH]/c1=C/C(O)=C(\C)OC(C)=O. The Morgan fingerprint density at radius 2 is 2.27 bits per heavy atom. The maximum Gasteiger partial charge on any atom is 0.307 e. The third-order valence-corrected chi connectivity index (χ3v) is 1.81. The second kappa shape index (κ2) is 4.50. The predicted octanol–water partition coefficient (Wildman–Crippen LogP) is 0.558. The molecule has 15 heavy (non-hydrogen) atoms. The number of carbonyl (C=O) groups is 1. The van der Waals surface area contributed by atoms with Gasteiger partial charge in [-0.3, -0.25) is 4.79 Å². The molecule has 0 fully saturated rings. The van der Waals surface area contributed by atoms with Crippen LogP contribution < -0.4 is 10.6 Å². The van der Waals surface area contributed by atoms with Gasteiger partial charge in [0.05, 0.1) is 0 Å². The van der Waals surface area contributed by atoms with Crippen LogP contribution in [0.1, 0.15) is 13.8 Å². The van der Waals surface area contributed by atoms with E-state index in [4.69, 9.17) is 4.74 Å². The largest absolute Gasteiger partial charge is 0.504 e. The van der Waals surface area contributed by atoms with Crippen molar-refractivity contribution in [3.63, 3.8) is 0 Å². The maximum atomic E-state index is 10.6. The first-order valence-corrected chi connectivity index (χ1v) is 4.43. The summed E-state index contributed by atoms with van der Waals surface area (Å²) in [4.78, 5) is 13.5. The van der Waals surface area contributed by atoms with E-state index in [1.807, 2.05) is 0 Å². The van der Waals surface area contributed by atoms with E-state index < -0.39 is 5.97 Å². The van der Waals surface area contributed by atoms with Crippen molar-refractivity contribution in [2.75, 3.05) is 0 Å². The highest BCUT2D eigenvalue weighted by atomic mass is 16.5. The van der Waals surface area contributed by atoms with E-state index in [0.29, 0.717) is 5.35 Å². The Kier molecular flexibility index (Phi) is 3.33. The van der Waals surface area contributed by atoms with Gasteiger partial charge in [-0.05, 0) is 18.2 Å². The van der Waals surface area contributed by atoms with Gasteiger partial charge in [0.1, 0.15) is 5.76 Å². The molecule has 1 aromatic rings. The van der Waals surface area contributed by atoms with E-state index in [2.05, 4.69) is 11.6 Å². The lowest BCUT2D eigenvalue weighted by atomic mass is 10.3. The second-order valence-electron chi connectivity index (χ2n) is 3.10. The van der Waals surface area contributed by atoms with Crippen LogP contribution in [0.25, 0.3) is 12.7 Å². The van der Waals surface area contributed by atoms with Gasteiger partial charge < -0.3 is 14.8 Å². The van der Waals surface area contributed by atoms with E-state index in [0.717, 1.165) is 5.22 Å². The zero-order valence-electron chi connectivity index (χ0n) is 8.70. The Bertz CT molecular complexity index is 496. The molecule has 0 spiro atoms. The predicted molar refractivity (Wildman–Crippen MR) is 57.1 cm³/mol. The molecule has 0 atom stereocenters. The van der Waals surface area contributed by atoms with E-state index >= 15 is 0 Å². The topological polar surface area (TPSA) is 62.3 Å². The van der Waals surface area contributed by atoms with Crippen LogP contribution in [0.4, 0.5) is 0 Å². The zero-order chi connectivity index (χ0) is 11.4. The molecule has 1 aromatic heterocycles. The molecule has 0 aliphatic carbocycles. The zero-order valence-corrected chi connectivity index (χ0v) is 8.70. The molecule has 0 unspecified atom stereocenters. The Labute approximate surface area is 87.2 Å². The minimum atomic E-state index is -0.464. The van der Waals surface area contributed by atoms with Crippen LogP contribution in [0, 0.1) is 0 Å². The highest BCUT2D eigenvalue weighted by Crippen LogP contribution is 2.03. The molecule has 0 aliphatic rings. The molecule has 0 saturated heterocycles. The Morgan fingerprint density at radius 3 is 2.73 bits per heavy atom. The van der Waals surface area contributed by atoms with Crippen LogP contribution >= 0.6 is 0 Å². The van der Waals surface area contributed by atoms with Crippen molar-refractivity contribution in [1.29, 1.82) is 0 Å². The molecular formula is C11H13NO3. The number of allylic oxidation sites excluding steroid dienone is 2. The lowest BCUT2D eigenvalue weighted by Gasteiger charge is -2.01. The molecule has 0 aliphatic heterocycles. The van der Waals surface area contributed by atoms with Crippen LogP contribution in [-0.2, 0) is 9.53 Å². The fourth-order valence-corrected chi connectivity index (χ4v) is 1.06. The summed E-state index contributed by atoms with van der Waals surface area (Å²) in [5.41, 5.74) is 0. The lowest BCUT2D eigenvalue weighted by molar-refractivity contribution is -0.137. The number of rotatable bonds is 2. The van der Waals surface area contributed by atoms with E-state index in [-0.39, 0.29) is 11.5 Å². The molecule has 0 radical (unpaired) electrons. The number of aromatic nitrogens is 1. The minimum Gasteiger partial charge on any atom is -0.504 e. The average molecular weight is 207 g/mol. The van der Waals surface area contributed by atoms with Gasteiger partial charge in [-0.15, -0.1) is 0 Å². The third-order valence-electron chi connectivity index (χ3n) is 1.81. The van der Waals surface area contributed by atoms with Gasteiger partial charge in [-0.1, -0.05) is 6.58 Å². The van der Waals surface area contributed by atoms with Crippen LogP contribution in [0.5, 0.6) is 0 Å². The van der Waals surface area contributed by atoms with Crippen LogP contribution in [0.2, 0.25) is 0 Å². The summed E-state index contributed by atoms with van der Waals surface area (Å²) < 4.78 is 4.73. The van der Waals surface area contributed by atoms with Crippen molar-refractivity contribution in [2.45, 2.75) is 13.8 Å². The highest BCUT2D eigenvalue weighted by molar-refractivity contribution is 5.67. The molecule has 1 heterocycles. The Morgan fingerprint density at radius 1 is 1.60 bits per heavy atom. The van der Waals surface area contributed by atoms with E-state index in [1.54, 1.807) is 12.3 Å². The number of hydrogen-bond donors (Lipinski definition) is 2. The van der Waals surface area contributed by atoms with Crippen LogP contribution in [-0.4, -0.2) is 16.1 Å². The summed E-state index contributed by atoms with van der Waals surface area (Å²) in [5, 5.41) is 11.0. The van der Waals surface area contributed by atoms with Crippen LogP contribution in [0.15, 0.2) is 23.8 Å². The second-order valence-corrected chi connectivity index (χ2v) is 3.10. The van der Waals surface area contributed by atoms with Crippen molar-refractivity contribution in [2.24, 2.45) is 0 Å². The summed E-state index contributed by atoms with van der Waals surface area (Å²) in [7, 11) is 0. The summed E-state index contributed by atoms with van der Waals surface area (Å²) in [5.74, 6) is -0.400. The first-order chi connectivity index (χ1) is 7.00. The quantitative estimate of drug-likeness (QED) is 0.550. The standard InChI is InChI=1S/C11H13NO3/c1-7-4-5-12-10(7)6-11(14)8(2)15-9(3)13/h4-6,12,14H,1H2,2-3H3/b10-6+,11-8-. The average Bonchev–Trinajstić information content (AvgIpc) is 2.50. The van der Waals surface area contributed by atoms with E-state index in [9.17, 15) is 9.90 Å². The van der Waals surface area contributed by atoms with Crippen molar-refractivity contribution < 1.29 is 14.6 Å². The van der Waals surface area contributed by atoms with Crippen molar-refractivity contribution in [3.05, 3.63) is 34.3 Å². The molecule has 4 nitrogen and oxygen atoms in total. The molecule has 0 amide bonds. The fraction of sp³-hybridized carbons (Fsp3) is 0.182. The molecule has 4 heteroatoms. The summed E-state index contributed by atoms with van der Waals surface area (Å²) in [6.45, 7) is 6.54. The first-order valence-electron chi connectivity index (χ1n) is 4.43. The summed E-state index contributed by atoms with van der Waals surface area (Å²) in [6, 6.07) is 1.78. The van der Waals surface area contributed by atoms with Crippen LogP contribution in [0.3, 0.4) is 0 Å². The molecular weight excluding hydrogens is 194 g/mol. The van der Waals surface area contributed by atoms with Gasteiger partial charge >= 0.3 is 5.97 Å². The molecule has 80 valence electrons. The number of nitrogens with one attached hydrogen (secondary N) is 1. The highest BCUT2D eigenvalue weighted by Gasteiger charge is 2.01. The number of aliphatic hydroxyl groups is 1. The number of carbonyl (C=O) groups excluding carboxylic acids is 1. The van der Waals surface area contributed by atoms with Crippen molar-refractivity contribution in [3.8, 4) is 0 Å². The number of H-pyrrole nitrogens is 1. The summed E-state index contributed by atoms with van der Waals surface area (Å²) in [6.07, 6.45) is 3.17. The first kappa shape index (κ1) is 11.1. The molecule has 2 N–H and O–H groups in total. The number of ether oxygens (including phenoxy) is 1. The van der Waals surface area contributed by atoms with Gasteiger partial charge in [-0.2, -0.15) is 0 Å². The van der Waals surface area contributed by atoms with Gasteiger partial charge in [0.2, 0.25) is 0 Å². The lowest BCUT2D eigenvalue weighted by Crippen LogP contribution is -2.20. The van der Waals surface area contributed by atoms with E-state index in [1.165, 1.54) is 19.9 Å². The number of aromatic amines is 1. The third kappa shape index (κ3) is 3.02. The molecule has 0 saturated carbocycles. The number of esters is 1. The van der Waals surface area contributed by atoms with Crippen molar-refractivity contribution in [1.82, 2.24) is 4.98 Å².